The second-order valence-corrected chi connectivity index (χ2v) is 6.30. The van der Waals surface area contributed by atoms with Gasteiger partial charge in [0.15, 0.2) is 0 Å². The first-order valence-corrected chi connectivity index (χ1v) is 7.58. The van der Waals surface area contributed by atoms with Crippen molar-refractivity contribution in [1.29, 1.82) is 0 Å². The Morgan fingerprint density at radius 3 is 2.70 bits per heavy atom. The molecule has 6 heteroatoms. The number of nitrogens with zero attached hydrogens (tertiary/aromatic N) is 1. The van der Waals surface area contributed by atoms with Gasteiger partial charge in [0, 0.05) is 0 Å². The molecule has 4 nitrogen and oxygen atoms in total. The first kappa shape index (κ1) is 15.3. The van der Waals surface area contributed by atoms with Gasteiger partial charge in [0.1, 0.15) is 11.6 Å². The van der Waals surface area contributed by atoms with Gasteiger partial charge in [-0.2, -0.15) is 0 Å². The van der Waals surface area contributed by atoms with E-state index >= 15 is 0 Å². The number of nitrogens with one attached hydrogen (secondary N) is 1. The van der Waals surface area contributed by atoms with Gasteiger partial charge in [0.25, 0.3) is 5.91 Å². The third kappa shape index (κ3) is 2.33. The first-order valence-electron chi connectivity index (χ1n) is 6.41. The Balaban J connectivity index is 2.55. The van der Waals surface area contributed by atoms with Crippen molar-refractivity contribution in [2.75, 3.05) is 4.90 Å². The average Bonchev–Trinajstić information content (AvgIpc) is 2.41. The summed E-state index contributed by atoms with van der Waals surface area (Å²) in [7, 11) is 0. The van der Waals surface area contributed by atoms with Crippen molar-refractivity contribution in [3.63, 3.8) is 0 Å². The molecule has 0 aliphatic carbocycles. The summed E-state index contributed by atoms with van der Waals surface area (Å²) >= 11 is 9.48. The molecule has 0 saturated carbocycles. The lowest BCUT2D eigenvalue weighted by atomic mass is 9.92. The largest absolute Gasteiger partial charge is 0.340 e. The van der Waals surface area contributed by atoms with Crippen LogP contribution in [0.3, 0.4) is 0 Å². The predicted octanol–water partition coefficient (Wildman–Crippen LogP) is 3.12. The fraction of sp³-hybridized carbons (Fsp3) is 0.429. The van der Waals surface area contributed by atoms with Gasteiger partial charge in [0.2, 0.25) is 5.91 Å². The quantitative estimate of drug-likeness (QED) is 0.882. The molecule has 1 aliphatic heterocycles. The minimum absolute atomic E-state index is 0.130. The van der Waals surface area contributed by atoms with Crippen molar-refractivity contribution in [2.45, 2.75) is 38.8 Å². The van der Waals surface area contributed by atoms with Crippen LogP contribution in [0.1, 0.15) is 27.2 Å². The Morgan fingerprint density at radius 1 is 1.45 bits per heavy atom. The molecule has 2 amide bonds. The van der Waals surface area contributed by atoms with E-state index in [4.69, 9.17) is 11.6 Å². The zero-order chi connectivity index (χ0) is 15.1. The molecule has 108 valence electrons. The molecule has 1 aromatic rings. The second-order valence-electron chi connectivity index (χ2n) is 5.10. The average molecular weight is 360 g/mol. The van der Waals surface area contributed by atoms with E-state index in [1.165, 1.54) is 4.90 Å². The van der Waals surface area contributed by atoms with Crippen molar-refractivity contribution < 1.29 is 9.59 Å². The maximum atomic E-state index is 12.7. The van der Waals surface area contributed by atoms with Crippen LogP contribution in [0.2, 0.25) is 5.02 Å². The Hall–Kier alpha value is -1.07. The Morgan fingerprint density at radius 2 is 2.10 bits per heavy atom. The van der Waals surface area contributed by atoms with E-state index in [1.54, 1.807) is 32.0 Å². The van der Waals surface area contributed by atoms with Gasteiger partial charge in [-0.05, 0) is 48.3 Å². The van der Waals surface area contributed by atoms with Crippen LogP contribution in [0.4, 0.5) is 5.69 Å². The van der Waals surface area contributed by atoms with Crippen LogP contribution >= 0.6 is 27.5 Å². The summed E-state index contributed by atoms with van der Waals surface area (Å²) in [4.78, 5) is 26.4. The van der Waals surface area contributed by atoms with Crippen LogP contribution in [0.5, 0.6) is 0 Å². The topological polar surface area (TPSA) is 49.4 Å². The molecule has 1 saturated heterocycles. The predicted molar refractivity (Wildman–Crippen MR) is 82.9 cm³/mol. The molecule has 1 N–H and O–H groups in total. The lowest BCUT2D eigenvalue weighted by molar-refractivity contribution is -0.137. The number of hydrogen-bond acceptors (Lipinski definition) is 2. The highest BCUT2D eigenvalue weighted by atomic mass is 79.9. The molecule has 0 bridgehead atoms. The standard InChI is InChI=1S/C14H16BrClN2O2/c1-4-14(3)13(20)18(8(2)12(19)17-14)10-7-5-6-9(16)11(10)15/h5-8H,4H2,1-3H3,(H,17,19). The number of benzene rings is 1. The van der Waals surface area contributed by atoms with E-state index < -0.39 is 11.6 Å². The SMILES string of the molecule is CCC1(C)NC(=O)C(C)N(c2cccc(Cl)c2Br)C1=O. The summed E-state index contributed by atoms with van der Waals surface area (Å²) < 4.78 is 0.620. The third-order valence-electron chi connectivity index (χ3n) is 3.75. The lowest BCUT2D eigenvalue weighted by Gasteiger charge is -2.43. The van der Waals surface area contributed by atoms with Crippen LogP contribution < -0.4 is 10.2 Å². The minimum atomic E-state index is -0.884. The summed E-state index contributed by atoms with van der Waals surface area (Å²) in [6.45, 7) is 5.32. The molecular formula is C14H16BrClN2O2. The third-order valence-corrected chi connectivity index (χ3v) is 5.13. The maximum absolute atomic E-state index is 12.7. The minimum Gasteiger partial charge on any atom is -0.340 e. The molecule has 1 aliphatic rings. The van der Waals surface area contributed by atoms with E-state index in [0.717, 1.165) is 0 Å². The van der Waals surface area contributed by atoms with Crippen LogP contribution in [0, 0.1) is 0 Å². The number of carbonyl (C=O) groups excluding carboxylic acids is 2. The van der Waals surface area contributed by atoms with Gasteiger partial charge in [-0.15, -0.1) is 0 Å². The number of halogens is 2. The highest BCUT2D eigenvalue weighted by molar-refractivity contribution is 9.10. The monoisotopic (exact) mass is 358 g/mol. The molecule has 2 atom stereocenters. The lowest BCUT2D eigenvalue weighted by Crippen LogP contribution is -2.68. The molecule has 2 rings (SSSR count). The van der Waals surface area contributed by atoms with Crippen LogP contribution in [-0.4, -0.2) is 23.4 Å². The zero-order valence-electron chi connectivity index (χ0n) is 11.5. The van der Waals surface area contributed by atoms with Crippen molar-refractivity contribution >= 4 is 45.0 Å². The number of hydrogen-bond donors (Lipinski definition) is 1. The molecule has 2 unspecified atom stereocenters. The molecule has 0 spiro atoms. The number of amides is 2. The molecule has 0 radical (unpaired) electrons. The molecule has 0 aromatic heterocycles. The van der Waals surface area contributed by atoms with Crippen LogP contribution in [0.15, 0.2) is 22.7 Å². The Bertz CT molecular complexity index is 578. The van der Waals surface area contributed by atoms with E-state index in [0.29, 0.717) is 21.6 Å². The van der Waals surface area contributed by atoms with Crippen molar-refractivity contribution in [1.82, 2.24) is 5.32 Å². The molecular weight excluding hydrogens is 344 g/mol. The zero-order valence-corrected chi connectivity index (χ0v) is 13.9. The van der Waals surface area contributed by atoms with Crippen molar-refractivity contribution in [3.05, 3.63) is 27.7 Å². The van der Waals surface area contributed by atoms with E-state index in [9.17, 15) is 9.59 Å². The highest BCUT2D eigenvalue weighted by Gasteiger charge is 2.46. The maximum Gasteiger partial charge on any atom is 0.253 e. The highest BCUT2D eigenvalue weighted by Crippen LogP contribution is 2.36. The second kappa shape index (κ2) is 5.37. The molecule has 1 aromatic carbocycles. The Kier molecular flexibility index (Phi) is 4.12. The number of anilines is 1. The van der Waals surface area contributed by atoms with E-state index in [2.05, 4.69) is 21.2 Å². The van der Waals surface area contributed by atoms with Crippen LogP contribution in [-0.2, 0) is 9.59 Å². The summed E-state index contributed by atoms with van der Waals surface area (Å²) in [5, 5.41) is 3.30. The summed E-state index contributed by atoms with van der Waals surface area (Å²) in [5.41, 5.74) is -0.268. The van der Waals surface area contributed by atoms with Gasteiger partial charge < -0.3 is 5.32 Å². The smallest absolute Gasteiger partial charge is 0.253 e. The van der Waals surface area contributed by atoms with Gasteiger partial charge in [-0.3, -0.25) is 14.5 Å². The van der Waals surface area contributed by atoms with Crippen LogP contribution in [0.25, 0.3) is 0 Å². The van der Waals surface area contributed by atoms with Gasteiger partial charge in [0.05, 0.1) is 15.2 Å². The van der Waals surface area contributed by atoms with E-state index in [-0.39, 0.29) is 11.8 Å². The number of rotatable bonds is 2. The van der Waals surface area contributed by atoms with Gasteiger partial charge in [-0.25, -0.2) is 0 Å². The summed E-state index contributed by atoms with van der Waals surface area (Å²) in [6, 6.07) is 4.70. The number of carbonyl (C=O) groups is 2. The molecule has 1 heterocycles. The van der Waals surface area contributed by atoms with Crippen molar-refractivity contribution in [2.24, 2.45) is 0 Å². The molecule has 1 fully saturated rings. The van der Waals surface area contributed by atoms with Gasteiger partial charge >= 0.3 is 0 Å². The Labute approximate surface area is 131 Å². The van der Waals surface area contributed by atoms with Crippen molar-refractivity contribution in [3.8, 4) is 0 Å². The normalized spacial score (nSPS) is 26.6. The first-order chi connectivity index (χ1) is 9.31. The van der Waals surface area contributed by atoms with Gasteiger partial charge in [-0.1, -0.05) is 24.6 Å². The number of piperazine rings is 1. The summed E-state index contributed by atoms with van der Waals surface area (Å²) in [5.74, 6) is -0.295. The molecule has 20 heavy (non-hydrogen) atoms. The fourth-order valence-corrected chi connectivity index (χ4v) is 2.85. The fourth-order valence-electron chi connectivity index (χ4n) is 2.22. The summed E-state index contributed by atoms with van der Waals surface area (Å²) in [6.07, 6.45) is 0.527. The van der Waals surface area contributed by atoms with E-state index in [1.807, 2.05) is 6.92 Å².